The topological polar surface area (TPSA) is 38.7 Å². The molecule has 2 aromatic carbocycles. The second-order valence-electron chi connectivity index (χ2n) is 9.65. The van der Waals surface area contributed by atoms with E-state index in [0.717, 1.165) is 44.5 Å². The van der Waals surface area contributed by atoms with Crippen molar-refractivity contribution in [1.82, 2.24) is 0 Å². The summed E-state index contributed by atoms with van der Waals surface area (Å²) in [5.41, 5.74) is -0.528. The van der Waals surface area contributed by atoms with Crippen LogP contribution in [0.5, 0.6) is 5.75 Å². The van der Waals surface area contributed by atoms with Crippen molar-refractivity contribution >= 4 is 10.8 Å². The summed E-state index contributed by atoms with van der Waals surface area (Å²) in [6.07, 6.45) is 8.65. The molecule has 0 unspecified atom stereocenters. The Kier molecular flexibility index (Phi) is 4.64. The Hall–Kier alpha value is -1.58. The predicted molar refractivity (Wildman–Crippen MR) is 111 cm³/mol. The Labute approximate surface area is 168 Å². The van der Waals surface area contributed by atoms with Gasteiger partial charge in [-0.1, -0.05) is 56.5 Å². The first-order valence-electron chi connectivity index (χ1n) is 11.1. The van der Waals surface area contributed by atoms with Crippen molar-refractivity contribution in [2.45, 2.75) is 70.2 Å². The number of ether oxygens (including phenoxy) is 2. The molecule has 1 aliphatic heterocycles. The number of fused-ring (bicyclic) bond motifs is 2. The van der Waals surface area contributed by atoms with Gasteiger partial charge in [0.05, 0.1) is 12.2 Å². The first kappa shape index (κ1) is 18.4. The van der Waals surface area contributed by atoms with Gasteiger partial charge in [-0.2, -0.15) is 0 Å². The van der Waals surface area contributed by atoms with E-state index in [9.17, 15) is 5.11 Å². The largest absolute Gasteiger partial charge is 0.465 e. The molecule has 0 amide bonds. The maximum absolute atomic E-state index is 11.7. The van der Waals surface area contributed by atoms with Crippen LogP contribution in [0.3, 0.4) is 0 Å². The van der Waals surface area contributed by atoms with E-state index in [1.807, 2.05) is 6.07 Å². The molecule has 3 nitrogen and oxygen atoms in total. The minimum absolute atomic E-state index is 0.0479. The molecular formula is C25H32O3. The Morgan fingerprint density at radius 2 is 1.79 bits per heavy atom. The average molecular weight is 381 g/mol. The molecule has 150 valence electrons. The molecule has 0 bridgehead atoms. The molecular weight excluding hydrogens is 348 g/mol. The van der Waals surface area contributed by atoms with Crippen molar-refractivity contribution < 1.29 is 14.6 Å². The van der Waals surface area contributed by atoms with Crippen molar-refractivity contribution in [2.24, 2.45) is 17.3 Å². The quantitative estimate of drug-likeness (QED) is 0.743. The molecule has 3 heteroatoms. The van der Waals surface area contributed by atoms with Crippen molar-refractivity contribution in [3.8, 4) is 5.75 Å². The number of benzene rings is 2. The van der Waals surface area contributed by atoms with Crippen LogP contribution >= 0.6 is 0 Å². The van der Waals surface area contributed by atoms with Crippen LogP contribution in [0.4, 0.5) is 0 Å². The maximum atomic E-state index is 11.7. The smallest absolute Gasteiger partial charge is 0.203 e. The summed E-state index contributed by atoms with van der Waals surface area (Å²) in [5.74, 6) is 1.66. The van der Waals surface area contributed by atoms with Crippen LogP contribution < -0.4 is 4.74 Å². The first-order valence-corrected chi connectivity index (χ1v) is 11.1. The molecule has 3 fully saturated rings. The summed E-state index contributed by atoms with van der Waals surface area (Å²) in [5, 5.41) is 14.1. The van der Waals surface area contributed by atoms with Crippen LogP contribution in [0, 0.1) is 17.3 Å². The highest BCUT2D eigenvalue weighted by atomic mass is 16.7. The van der Waals surface area contributed by atoms with Gasteiger partial charge >= 0.3 is 0 Å². The standard InChI is InChI=1S/C25H32O3/c1-24(12-5-2-6-13-24)25(26)14-11-20-17-27-23(22(20)16-25)28-21-10-9-18-7-3-4-8-19(18)15-21/h3-4,7-10,15,20,22-23,26H,2,5-6,11-14,16-17H2,1H3/t20-,22-,23-,25+/m1/s1. The average Bonchev–Trinajstić information content (AvgIpc) is 3.10. The second kappa shape index (κ2) is 7.03. The third-order valence-corrected chi connectivity index (χ3v) is 7.99. The third-order valence-electron chi connectivity index (χ3n) is 7.99. The first-order chi connectivity index (χ1) is 13.6. The molecule has 2 aliphatic carbocycles. The zero-order chi connectivity index (χ0) is 19.2. The Bertz CT molecular complexity index is 841. The summed E-state index contributed by atoms with van der Waals surface area (Å²) in [7, 11) is 0. The van der Waals surface area contributed by atoms with Crippen LogP contribution in [-0.2, 0) is 4.74 Å². The molecule has 1 N–H and O–H groups in total. The number of hydrogen-bond donors (Lipinski definition) is 1. The Balaban J connectivity index is 1.35. The van der Waals surface area contributed by atoms with Gasteiger partial charge < -0.3 is 14.6 Å². The minimum Gasteiger partial charge on any atom is -0.465 e. The zero-order valence-electron chi connectivity index (χ0n) is 16.9. The minimum atomic E-state index is -0.576. The van der Waals surface area contributed by atoms with E-state index in [1.54, 1.807) is 0 Å². The van der Waals surface area contributed by atoms with E-state index in [4.69, 9.17) is 9.47 Å². The monoisotopic (exact) mass is 380 g/mol. The van der Waals surface area contributed by atoms with Gasteiger partial charge in [0.2, 0.25) is 6.29 Å². The van der Waals surface area contributed by atoms with E-state index in [-0.39, 0.29) is 17.6 Å². The lowest BCUT2D eigenvalue weighted by atomic mass is 9.57. The Morgan fingerprint density at radius 1 is 1.00 bits per heavy atom. The van der Waals surface area contributed by atoms with Crippen molar-refractivity contribution in [2.75, 3.05) is 6.61 Å². The lowest BCUT2D eigenvalue weighted by Crippen LogP contribution is -2.53. The Morgan fingerprint density at radius 3 is 2.61 bits per heavy atom. The van der Waals surface area contributed by atoms with Gasteiger partial charge in [-0.3, -0.25) is 0 Å². The normalized spacial score (nSPS) is 34.9. The lowest BCUT2D eigenvalue weighted by Gasteiger charge is -2.52. The summed E-state index contributed by atoms with van der Waals surface area (Å²) in [4.78, 5) is 0. The zero-order valence-corrected chi connectivity index (χ0v) is 16.9. The van der Waals surface area contributed by atoms with Crippen LogP contribution in [0.25, 0.3) is 10.8 Å². The molecule has 3 aliphatic rings. The van der Waals surface area contributed by atoms with Gasteiger partial charge in [0.25, 0.3) is 0 Å². The summed E-state index contributed by atoms with van der Waals surface area (Å²) in [6, 6.07) is 14.6. The fourth-order valence-electron chi connectivity index (χ4n) is 6.01. The summed E-state index contributed by atoms with van der Waals surface area (Å²) < 4.78 is 12.4. The highest BCUT2D eigenvalue weighted by Gasteiger charge is 2.55. The maximum Gasteiger partial charge on any atom is 0.203 e. The van der Waals surface area contributed by atoms with Crippen LogP contribution in [0.2, 0.25) is 0 Å². The SMILES string of the molecule is CC1([C@]2(O)CC[C@@H]3CO[C@H](Oc4ccc5ccccc5c4)[C@@H]3C2)CCCCC1. The van der Waals surface area contributed by atoms with Gasteiger partial charge in [0, 0.05) is 5.92 Å². The molecule has 1 saturated heterocycles. The van der Waals surface area contributed by atoms with Gasteiger partial charge in [-0.15, -0.1) is 0 Å². The molecule has 0 aromatic heterocycles. The fourth-order valence-corrected chi connectivity index (χ4v) is 6.01. The van der Waals surface area contributed by atoms with Crippen LogP contribution in [0.1, 0.15) is 58.3 Å². The van der Waals surface area contributed by atoms with Crippen molar-refractivity contribution in [3.05, 3.63) is 42.5 Å². The van der Waals surface area contributed by atoms with E-state index >= 15 is 0 Å². The van der Waals surface area contributed by atoms with Gasteiger partial charge in [0.1, 0.15) is 5.75 Å². The fraction of sp³-hybridized carbons (Fsp3) is 0.600. The second-order valence-corrected chi connectivity index (χ2v) is 9.65. The molecule has 2 saturated carbocycles. The van der Waals surface area contributed by atoms with Gasteiger partial charge in [-0.05, 0) is 66.3 Å². The molecule has 0 radical (unpaired) electrons. The lowest BCUT2D eigenvalue weighted by molar-refractivity contribution is -0.151. The number of rotatable bonds is 3. The number of aliphatic hydroxyl groups is 1. The highest BCUT2D eigenvalue weighted by molar-refractivity contribution is 5.83. The third kappa shape index (κ3) is 3.13. The molecule has 1 heterocycles. The van der Waals surface area contributed by atoms with Crippen LogP contribution in [0.15, 0.2) is 42.5 Å². The number of hydrogen-bond acceptors (Lipinski definition) is 3. The van der Waals surface area contributed by atoms with Gasteiger partial charge in [-0.25, -0.2) is 0 Å². The predicted octanol–water partition coefficient (Wildman–Crippen LogP) is 5.69. The molecule has 28 heavy (non-hydrogen) atoms. The van der Waals surface area contributed by atoms with E-state index in [0.29, 0.717) is 5.92 Å². The summed E-state index contributed by atoms with van der Waals surface area (Å²) >= 11 is 0. The molecule has 5 rings (SSSR count). The van der Waals surface area contributed by atoms with E-state index in [1.165, 1.54) is 30.0 Å². The molecule has 0 spiro atoms. The van der Waals surface area contributed by atoms with E-state index in [2.05, 4.69) is 43.3 Å². The van der Waals surface area contributed by atoms with Gasteiger partial charge in [0.15, 0.2) is 0 Å². The molecule has 2 aromatic rings. The van der Waals surface area contributed by atoms with Crippen molar-refractivity contribution in [1.29, 1.82) is 0 Å². The summed E-state index contributed by atoms with van der Waals surface area (Å²) in [6.45, 7) is 3.08. The van der Waals surface area contributed by atoms with Crippen molar-refractivity contribution in [3.63, 3.8) is 0 Å². The highest BCUT2D eigenvalue weighted by Crippen LogP contribution is 2.55. The molecule has 4 atom stereocenters. The van der Waals surface area contributed by atoms with E-state index < -0.39 is 5.60 Å². The van der Waals surface area contributed by atoms with Crippen LogP contribution in [-0.4, -0.2) is 23.6 Å².